The number of ether oxygens (including phenoxy) is 1. The van der Waals surface area contributed by atoms with Crippen molar-refractivity contribution in [3.63, 3.8) is 0 Å². The summed E-state index contributed by atoms with van der Waals surface area (Å²) >= 11 is 0. The Labute approximate surface area is 144 Å². The molecule has 0 aromatic rings. The smallest absolute Gasteiger partial charge is 0.409 e. The van der Waals surface area contributed by atoms with Gasteiger partial charge in [0.15, 0.2) is 0 Å². The van der Waals surface area contributed by atoms with Gasteiger partial charge in [-0.2, -0.15) is 0 Å². The van der Waals surface area contributed by atoms with Crippen molar-refractivity contribution in [3.05, 3.63) is 0 Å². The zero-order chi connectivity index (χ0) is 16.8. The monoisotopic (exact) mass is 337 g/mol. The summed E-state index contributed by atoms with van der Waals surface area (Å²) in [7, 11) is 0. The van der Waals surface area contributed by atoms with E-state index in [0.717, 1.165) is 45.4 Å². The van der Waals surface area contributed by atoms with Crippen LogP contribution in [0.15, 0.2) is 0 Å². The van der Waals surface area contributed by atoms with E-state index in [1.165, 1.54) is 32.1 Å². The molecule has 136 valence electrons. The van der Waals surface area contributed by atoms with Crippen molar-refractivity contribution >= 4 is 12.0 Å². The van der Waals surface area contributed by atoms with Gasteiger partial charge in [-0.1, -0.05) is 19.3 Å². The minimum atomic E-state index is -0.181. The Kier molecular flexibility index (Phi) is 6.35. The van der Waals surface area contributed by atoms with Gasteiger partial charge >= 0.3 is 6.09 Å². The number of likely N-dealkylation sites (tertiary alicyclic amines) is 1. The second kappa shape index (κ2) is 8.70. The van der Waals surface area contributed by atoms with Crippen LogP contribution in [0.1, 0.15) is 51.4 Å². The van der Waals surface area contributed by atoms with Gasteiger partial charge in [0.25, 0.3) is 0 Å². The van der Waals surface area contributed by atoms with Gasteiger partial charge in [-0.15, -0.1) is 0 Å². The Hall–Kier alpha value is -1.30. The highest BCUT2D eigenvalue weighted by Gasteiger charge is 2.25. The molecule has 2 amide bonds. The zero-order valence-electron chi connectivity index (χ0n) is 14.7. The largest absolute Gasteiger partial charge is 0.448 e. The summed E-state index contributed by atoms with van der Waals surface area (Å²) in [6, 6.07) is 0.328. The molecule has 3 fully saturated rings. The molecular weight excluding hydrogens is 306 g/mol. The van der Waals surface area contributed by atoms with Crippen LogP contribution in [-0.2, 0) is 9.53 Å². The van der Waals surface area contributed by atoms with Crippen molar-refractivity contribution in [2.24, 2.45) is 5.92 Å². The molecule has 24 heavy (non-hydrogen) atoms. The predicted molar refractivity (Wildman–Crippen MR) is 91.7 cm³/mol. The molecule has 0 aromatic heterocycles. The van der Waals surface area contributed by atoms with Gasteiger partial charge in [0, 0.05) is 38.6 Å². The summed E-state index contributed by atoms with van der Waals surface area (Å²) in [5, 5.41) is 3.24. The third-order valence-corrected chi connectivity index (χ3v) is 5.68. The third kappa shape index (κ3) is 5.10. The van der Waals surface area contributed by atoms with Crippen LogP contribution in [0.3, 0.4) is 0 Å². The average Bonchev–Trinajstić information content (AvgIpc) is 3.00. The van der Waals surface area contributed by atoms with E-state index in [0.29, 0.717) is 25.1 Å². The molecule has 1 saturated carbocycles. The van der Waals surface area contributed by atoms with Gasteiger partial charge in [-0.3, -0.25) is 4.79 Å². The van der Waals surface area contributed by atoms with E-state index in [-0.39, 0.29) is 12.0 Å². The maximum atomic E-state index is 12.2. The molecule has 1 N–H and O–H groups in total. The molecule has 3 aliphatic rings. The standard InChI is InChI=1S/C18H31N3O3/c22-17(14-15-4-2-1-3-5-15)19-16-6-8-20(9-7-16)10-11-21-12-13-24-18(21)23/h15-16H,1-14H2,(H,19,22). The lowest BCUT2D eigenvalue weighted by molar-refractivity contribution is -0.123. The highest BCUT2D eigenvalue weighted by molar-refractivity contribution is 5.76. The minimum absolute atomic E-state index is 0.181. The number of hydrogen-bond acceptors (Lipinski definition) is 4. The Balaban J connectivity index is 1.30. The number of nitrogens with zero attached hydrogens (tertiary/aromatic N) is 2. The number of rotatable bonds is 6. The lowest BCUT2D eigenvalue weighted by atomic mass is 9.86. The van der Waals surface area contributed by atoms with E-state index >= 15 is 0 Å². The molecule has 6 nitrogen and oxygen atoms in total. The summed E-state index contributed by atoms with van der Waals surface area (Å²) in [4.78, 5) is 27.8. The molecule has 0 unspecified atom stereocenters. The molecule has 6 heteroatoms. The number of carbonyl (C=O) groups excluding carboxylic acids is 2. The quantitative estimate of drug-likeness (QED) is 0.805. The Morgan fingerprint density at radius 1 is 1.04 bits per heavy atom. The van der Waals surface area contributed by atoms with E-state index in [1.54, 1.807) is 4.90 Å². The summed E-state index contributed by atoms with van der Waals surface area (Å²) < 4.78 is 4.95. The first kappa shape index (κ1) is 17.5. The number of carbonyl (C=O) groups is 2. The fourth-order valence-corrected chi connectivity index (χ4v) is 4.13. The molecule has 0 spiro atoms. The molecule has 3 rings (SSSR count). The number of amides is 2. The van der Waals surface area contributed by atoms with Crippen LogP contribution in [0.25, 0.3) is 0 Å². The van der Waals surface area contributed by atoms with Gasteiger partial charge in [0.1, 0.15) is 6.61 Å². The fourth-order valence-electron chi connectivity index (χ4n) is 4.13. The second-order valence-corrected chi connectivity index (χ2v) is 7.49. The maximum Gasteiger partial charge on any atom is 0.409 e. The highest BCUT2D eigenvalue weighted by Crippen LogP contribution is 2.26. The summed E-state index contributed by atoms with van der Waals surface area (Å²) in [5.41, 5.74) is 0. The molecule has 2 heterocycles. The zero-order valence-corrected chi connectivity index (χ0v) is 14.7. The van der Waals surface area contributed by atoms with Gasteiger partial charge in [-0.25, -0.2) is 4.79 Å². The van der Waals surface area contributed by atoms with Gasteiger partial charge in [0.2, 0.25) is 5.91 Å². The number of nitrogens with one attached hydrogen (secondary N) is 1. The molecule has 2 saturated heterocycles. The summed E-state index contributed by atoms with van der Waals surface area (Å²) in [6.45, 7) is 4.88. The normalized spacial score (nSPS) is 24.2. The van der Waals surface area contributed by atoms with Crippen molar-refractivity contribution in [3.8, 4) is 0 Å². The lowest BCUT2D eigenvalue weighted by Gasteiger charge is -2.33. The molecule has 0 aromatic carbocycles. The van der Waals surface area contributed by atoms with Crippen LogP contribution >= 0.6 is 0 Å². The van der Waals surface area contributed by atoms with Crippen molar-refractivity contribution in [1.29, 1.82) is 0 Å². The fraction of sp³-hybridized carbons (Fsp3) is 0.889. The Morgan fingerprint density at radius 3 is 2.46 bits per heavy atom. The van der Waals surface area contributed by atoms with Crippen molar-refractivity contribution in [2.75, 3.05) is 39.3 Å². The van der Waals surface area contributed by atoms with E-state index in [2.05, 4.69) is 10.2 Å². The van der Waals surface area contributed by atoms with Crippen molar-refractivity contribution < 1.29 is 14.3 Å². The van der Waals surface area contributed by atoms with Gasteiger partial charge in [0.05, 0.1) is 6.54 Å². The first-order valence-electron chi connectivity index (χ1n) is 9.64. The number of hydrogen-bond donors (Lipinski definition) is 1. The lowest BCUT2D eigenvalue weighted by Crippen LogP contribution is -2.46. The number of piperidine rings is 1. The Morgan fingerprint density at radius 2 is 1.79 bits per heavy atom. The van der Waals surface area contributed by atoms with Crippen LogP contribution in [0, 0.1) is 5.92 Å². The summed E-state index contributed by atoms with van der Waals surface area (Å²) in [5.74, 6) is 0.860. The highest BCUT2D eigenvalue weighted by atomic mass is 16.6. The topological polar surface area (TPSA) is 61.9 Å². The van der Waals surface area contributed by atoms with Crippen molar-refractivity contribution in [2.45, 2.75) is 57.4 Å². The molecule has 0 atom stereocenters. The first-order valence-corrected chi connectivity index (χ1v) is 9.64. The Bertz CT molecular complexity index is 429. The second-order valence-electron chi connectivity index (χ2n) is 7.49. The van der Waals surface area contributed by atoms with Crippen LogP contribution in [0.4, 0.5) is 4.79 Å². The third-order valence-electron chi connectivity index (χ3n) is 5.68. The predicted octanol–water partition coefficient (Wildman–Crippen LogP) is 1.99. The molecule has 0 bridgehead atoms. The van der Waals surface area contributed by atoms with Crippen LogP contribution in [-0.4, -0.2) is 67.2 Å². The average molecular weight is 337 g/mol. The van der Waals surface area contributed by atoms with Crippen LogP contribution < -0.4 is 5.32 Å². The van der Waals surface area contributed by atoms with E-state index in [4.69, 9.17) is 4.74 Å². The maximum absolute atomic E-state index is 12.2. The molecule has 0 radical (unpaired) electrons. The van der Waals surface area contributed by atoms with Crippen LogP contribution in [0.2, 0.25) is 0 Å². The summed E-state index contributed by atoms with van der Waals surface area (Å²) in [6.07, 6.45) is 8.95. The van der Waals surface area contributed by atoms with Crippen molar-refractivity contribution in [1.82, 2.24) is 15.1 Å². The minimum Gasteiger partial charge on any atom is -0.448 e. The number of cyclic esters (lactones) is 1. The molecule has 1 aliphatic carbocycles. The SMILES string of the molecule is O=C(CC1CCCCC1)NC1CCN(CCN2CCOC2=O)CC1. The first-order chi connectivity index (χ1) is 11.7. The van der Waals surface area contributed by atoms with E-state index in [9.17, 15) is 9.59 Å². The molecular formula is C18H31N3O3. The van der Waals surface area contributed by atoms with Gasteiger partial charge < -0.3 is 19.9 Å². The molecule has 2 aliphatic heterocycles. The van der Waals surface area contributed by atoms with E-state index in [1.807, 2.05) is 0 Å². The van der Waals surface area contributed by atoms with E-state index < -0.39 is 0 Å². The van der Waals surface area contributed by atoms with Gasteiger partial charge in [-0.05, 0) is 31.6 Å². The van der Waals surface area contributed by atoms with Crippen LogP contribution in [0.5, 0.6) is 0 Å².